The SMILES string of the molecule is CC1(C)c2ccccc2-c2ccc(N(c3ccc(-c4ccccc4)cc3)c3cc4c5cccc(-c6ccccc6)c5oc4c4ccccc34)cc21. The van der Waals surface area contributed by atoms with E-state index in [1.165, 1.54) is 33.4 Å². The molecule has 0 atom stereocenters. The van der Waals surface area contributed by atoms with Gasteiger partial charge in [-0.05, 0) is 69.3 Å². The summed E-state index contributed by atoms with van der Waals surface area (Å²) >= 11 is 0. The minimum atomic E-state index is -0.120. The maximum absolute atomic E-state index is 6.87. The molecule has 1 aliphatic carbocycles. The van der Waals surface area contributed by atoms with E-state index in [9.17, 15) is 0 Å². The van der Waals surface area contributed by atoms with Crippen LogP contribution >= 0.6 is 0 Å². The molecule has 1 aliphatic rings. The van der Waals surface area contributed by atoms with Crippen LogP contribution < -0.4 is 4.90 Å². The van der Waals surface area contributed by atoms with Crippen LogP contribution in [0, 0.1) is 0 Å². The van der Waals surface area contributed by atoms with Crippen molar-refractivity contribution < 1.29 is 4.42 Å². The normalized spacial score (nSPS) is 13.1. The second-order valence-electron chi connectivity index (χ2n) is 14.1. The van der Waals surface area contributed by atoms with Gasteiger partial charge < -0.3 is 9.32 Å². The van der Waals surface area contributed by atoms with Crippen LogP contribution in [0.2, 0.25) is 0 Å². The van der Waals surface area contributed by atoms with Crippen LogP contribution in [0.4, 0.5) is 17.1 Å². The van der Waals surface area contributed by atoms with Crippen molar-refractivity contribution >= 4 is 49.8 Å². The summed E-state index contributed by atoms with van der Waals surface area (Å²) in [5.74, 6) is 0. The lowest BCUT2D eigenvalue weighted by atomic mass is 9.82. The Morgan fingerprint density at radius 2 is 0.961 bits per heavy atom. The fourth-order valence-electron chi connectivity index (χ4n) is 8.32. The van der Waals surface area contributed by atoms with Crippen LogP contribution in [0.1, 0.15) is 25.0 Å². The zero-order valence-electron chi connectivity index (χ0n) is 28.6. The largest absolute Gasteiger partial charge is 0.455 e. The number of rotatable bonds is 5. The molecule has 0 radical (unpaired) electrons. The van der Waals surface area contributed by atoms with Crippen LogP contribution in [-0.2, 0) is 5.41 Å². The van der Waals surface area contributed by atoms with E-state index >= 15 is 0 Å². The zero-order chi connectivity index (χ0) is 34.1. The number of furan rings is 1. The molecule has 2 nitrogen and oxygen atoms in total. The van der Waals surface area contributed by atoms with E-state index in [0.717, 1.165) is 60.9 Å². The third kappa shape index (κ3) is 4.57. The summed E-state index contributed by atoms with van der Waals surface area (Å²) in [4.78, 5) is 2.44. The van der Waals surface area contributed by atoms with E-state index in [0.29, 0.717) is 0 Å². The first-order valence-electron chi connectivity index (χ1n) is 17.7. The van der Waals surface area contributed by atoms with Gasteiger partial charge in [0, 0.05) is 43.9 Å². The summed E-state index contributed by atoms with van der Waals surface area (Å²) in [7, 11) is 0. The molecule has 0 amide bonds. The molecule has 10 rings (SSSR count). The molecule has 242 valence electrons. The Morgan fingerprint density at radius 3 is 1.75 bits per heavy atom. The molecular formula is C49H35NO. The highest BCUT2D eigenvalue weighted by molar-refractivity contribution is 6.21. The summed E-state index contributed by atoms with van der Waals surface area (Å²) in [5, 5.41) is 4.46. The van der Waals surface area contributed by atoms with Crippen LogP contribution in [-0.4, -0.2) is 0 Å². The first-order chi connectivity index (χ1) is 25.1. The summed E-state index contributed by atoms with van der Waals surface area (Å²) in [6.45, 7) is 4.70. The number of hydrogen-bond donors (Lipinski definition) is 0. The van der Waals surface area contributed by atoms with Gasteiger partial charge in [0.15, 0.2) is 0 Å². The Morgan fingerprint density at radius 1 is 0.392 bits per heavy atom. The average molecular weight is 654 g/mol. The summed E-state index contributed by atoms with van der Waals surface area (Å²) in [6.07, 6.45) is 0. The number of nitrogens with zero attached hydrogens (tertiary/aromatic N) is 1. The van der Waals surface area contributed by atoms with Crippen LogP contribution in [0.5, 0.6) is 0 Å². The number of hydrogen-bond acceptors (Lipinski definition) is 2. The molecule has 2 heteroatoms. The molecule has 9 aromatic rings. The highest BCUT2D eigenvalue weighted by atomic mass is 16.3. The molecule has 51 heavy (non-hydrogen) atoms. The average Bonchev–Trinajstić information content (AvgIpc) is 3.68. The minimum Gasteiger partial charge on any atom is -0.455 e. The summed E-state index contributed by atoms with van der Waals surface area (Å²) in [5.41, 5.74) is 15.1. The number of benzene rings is 8. The smallest absolute Gasteiger partial charge is 0.143 e. The topological polar surface area (TPSA) is 16.4 Å². The molecule has 8 aromatic carbocycles. The lowest BCUT2D eigenvalue weighted by Crippen LogP contribution is -2.16. The van der Waals surface area contributed by atoms with Gasteiger partial charge in [0.05, 0.1) is 5.69 Å². The van der Waals surface area contributed by atoms with E-state index in [4.69, 9.17) is 4.42 Å². The van der Waals surface area contributed by atoms with Crippen molar-refractivity contribution in [3.05, 3.63) is 187 Å². The quantitative estimate of drug-likeness (QED) is 0.184. The number of para-hydroxylation sites is 1. The lowest BCUT2D eigenvalue weighted by molar-refractivity contribution is 0.660. The Hall–Kier alpha value is -6.38. The molecule has 0 unspecified atom stereocenters. The Kier molecular flexibility index (Phi) is 6.56. The lowest BCUT2D eigenvalue weighted by Gasteiger charge is -2.29. The van der Waals surface area contributed by atoms with Crippen molar-refractivity contribution in [3.63, 3.8) is 0 Å². The first kappa shape index (κ1) is 29.5. The Labute approximate surface area is 297 Å². The van der Waals surface area contributed by atoms with E-state index < -0.39 is 0 Å². The van der Waals surface area contributed by atoms with Crippen LogP contribution in [0.15, 0.2) is 180 Å². The van der Waals surface area contributed by atoms with Gasteiger partial charge in [0.1, 0.15) is 11.2 Å². The molecular weight excluding hydrogens is 619 g/mol. The van der Waals surface area contributed by atoms with Crippen LogP contribution in [0.25, 0.3) is 66.1 Å². The fourth-order valence-corrected chi connectivity index (χ4v) is 8.32. The molecule has 0 bridgehead atoms. The van der Waals surface area contributed by atoms with E-state index in [2.05, 4.69) is 195 Å². The Balaban J connectivity index is 1.24. The molecule has 0 aliphatic heterocycles. The van der Waals surface area contributed by atoms with E-state index in [1.54, 1.807) is 0 Å². The van der Waals surface area contributed by atoms with Gasteiger partial charge in [-0.1, -0.05) is 159 Å². The number of fused-ring (bicyclic) bond motifs is 8. The maximum atomic E-state index is 6.87. The third-order valence-electron chi connectivity index (χ3n) is 10.9. The molecule has 1 heterocycles. The van der Waals surface area contributed by atoms with Crippen molar-refractivity contribution in [2.75, 3.05) is 4.90 Å². The second-order valence-corrected chi connectivity index (χ2v) is 14.1. The van der Waals surface area contributed by atoms with Crippen molar-refractivity contribution in [3.8, 4) is 33.4 Å². The molecule has 1 aromatic heterocycles. The highest BCUT2D eigenvalue weighted by Crippen LogP contribution is 2.52. The molecule has 0 saturated carbocycles. The van der Waals surface area contributed by atoms with Crippen molar-refractivity contribution in [2.45, 2.75) is 19.3 Å². The van der Waals surface area contributed by atoms with Crippen molar-refractivity contribution in [1.29, 1.82) is 0 Å². The third-order valence-corrected chi connectivity index (χ3v) is 10.9. The fraction of sp³-hybridized carbons (Fsp3) is 0.0612. The van der Waals surface area contributed by atoms with Gasteiger partial charge in [-0.2, -0.15) is 0 Å². The monoisotopic (exact) mass is 653 g/mol. The van der Waals surface area contributed by atoms with Gasteiger partial charge >= 0.3 is 0 Å². The van der Waals surface area contributed by atoms with E-state index in [1.807, 2.05) is 0 Å². The summed E-state index contributed by atoms with van der Waals surface area (Å²) in [6, 6.07) is 63.5. The van der Waals surface area contributed by atoms with Crippen LogP contribution in [0.3, 0.4) is 0 Å². The highest BCUT2D eigenvalue weighted by Gasteiger charge is 2.36. The van der Waals surface area contributed by atoms with Gasteiger partial charge in [-0.15, -0.1) is 0 Å². The molecule has 0 spiro atoms. The predicted octanol–water partition coefficient (Wildman–Crippen LogP) is 13.8. The maximum Gasteiger partial charge on any atom is 0.143 e. The van der Waals surface area contributed by atoms with Gasteiger partial charge in [-0.3, -0.25) is 0 Å². The molecule has 0 N–H and O–H groups in total. The van der Waals surface area contributed by atoms with Gasteiger partial charge in [0.25, 0.3) is 0 Å². The minimum absolute atomic E-state index is 0.120. The molecule has 0 fully saturated rings. The van der Waals surface area contributed by atoms with Crippen molar-refractivity contribution in [2.24, 2.45) is 0 Å². The number of anilines is 3. The predicted molar refractivity (Wildman–Crippen MR) is 214 cm³/mol. The standard InChI is InChI=1S/C49H35NO/c1-49(2)44-23-12-11-18-38(44)39-29-28-36(30-45(39)49)50(35-26-24-33(25-27-35)32-14-5-3-6-15-32)46-31-43-42-22-13-21-37(34-16-7-4-8-17-34)47(42)51-48(43)41-20-10-9-19-40(41)46/h3-31H,1-2H3. The van der Waals surface area contributed by atoms with Gasteiger partial charge in [-0.25, -0.2) is 0 Å². The first-order valence-corrected chi connectivity index (χ1v) is 17.7. The Bertz CT molecular complexity index is 2760. The van der Waals surface area contributed by atoms with Crippen molar-refractivity contribution in [1.82, 2.24) is 0 Å². The van der Waals surface area contributed by atoms with E-state index in [-0.39, 0.29) is 5.41 Å². The molecule has 0 saturated heterocycles. The van der Waals surface area contributed by atoms with Gasteiger partial charge in [0.2, 0.25) is 0 Å². The summed E-state index contributed by atoms with van der Waals surface area (Å²) < 4.78 is 6.87. The second kappa shape index (κ2) is 11.3. The zero-order valence-corrected chi connectivity index (χ0v) is 28.6.